The maximum absolute atomic E-state index is 12.3. The summed E-state index contributed by atoms with van der Waals surface area (Å²) in [5.41, 5.74) is 0.227. The number of hydrogen-bond acceptors (Lipinski definition) is 6. The molecule has 0 bridgehead atoms. The Balaban J connectivity index is 2.43. The van der Waals surface area contributed by atoms with E-state index in [1.54, 1.807) is 0 Å². The molecule has 0 atom stereocenters. The van der Waals surface area contributed by atoms with Crippen molar-refractivity contribution in [3.8, 4) is 17.6 Å². The molecule has 2 aromatic carbocycles. The highest BCUT2D eigenvalue weighted by Gasteiger charge is 2.22. The largest absolute Gasteiger partial charge is 0.497 e. The van der Waals surface area contributed by atoms with Crippen molar-refractivity contribution in [1.82, 2.24) is 0 Å². The fourth-order valence-electron chi connectivity index (χ4n) is 1.76. The molecule has 23 heavy (non-hydrogen) atoms. The molecule has 0 saturated carbocycles. The van der Waals surface area contributed by atoms with Crippen LogP contribution in [-0.4, -0.2) is 21.8 Å². The van der Waals surface area contributed by atoms with Crippen molar-refractivity contribution in [2.45, 2.75) is 4.90 Å². The van der Waals surface area contributed by atoms with Gasteiger partial charge in [-0.25, -0.2) is 0 Å². The van der Waals surface area contributed by atoms with Gasteiger partial charge in [0, 0.05) is 0 Å². The topological polar surface area (TPSA) is 93.5 Å². The van der Waals surface area contributed by atoms with Crippen molar-refractivity contribution >= 4 is 28.0 Å². The zero-order chi connectivity index (χ0) is 17.0. The number of carbonyl (C=O) groups is 1. The summed E-state index contributed by atoms with van der Waals surface area (Å²) in [4.78, 5) is 10.8. The Kier molecular flexibility index (Phi) is 4.89. The fourth-order valence-corrected chi connectivity index (χ4v) is 3.23. The van der Waals surface area contributed by atoms with E-state index in [4.69, 9.17) is 25.8 Å². The van der Waals surface area contributed by atoms with E-state index in [9.17, 15) is 13.2 Å². The molecular formula is C15H10ClNO5S. The lowest BCUT2D eigenvalue weighted by Crippen LogP contribution is -2.11. The smallest absolute Gasteiger partial charge is 0.340 e. The van der Waals surface area contributed by atoms with Gasteiger partial charge in [0.05, 0.1) is 29.3 Å². The minimum atomic E-state index is -4.26. The van der Waals surface area contributed by atoms with Gasteiger partial charge >= 0.3 is 10.1 Å². The van der Waals surface area contributed by atoms with Crippen molar-refractivity contribution in [1.29, 1.82) is 5.26 Å². The minimum absolute atomic E-state index is 0.0118. The van der Waals surface area contributed by atoms with E-state index in [2.05, 4.69) is 0 Å². The first-order valence-electron chi connectivity index (χ1n) is 6.18. The molecule has 8 heteroatoms. The third kappa shape index (κ3) is 3.62. The number of carbonyl (C=O) groups excluding carboxylic acids is 1. The SMILES string of the molecule is COc1ccc(OS(=O)(=O)c2ccc(C#N)cc2Cl)c(C=O)c1. The van der Waals surface area contributed by atoms with Gasteiger partial charge in [-0.05, 0) is 36.4 Å². The Morgan fingerprint density at radius 1 is 1.22 bits per heavy atom. The van der Waals surface area contributed by atoms with Crippen molar-refractivity contribution in [3.63, 3.8) is 0 Å². The summed E-state index contributed by atoms with van der Waals surface area (Å²) in [6.07, 6.45) is 0.452. The maximum Gasteiger partial charge on any atom is 0.340 e. The van der Waals surface area contributed by atoms with Gasteiger partial charge < -0.3 is 8.92 Å². The highest BCUT2D eigenvalue weighted by atomic mass is 35.5. The number of methoxy groups -OCH3 is 1. The molecule has 2 aromatic rings. The lowest BCUT2D eigenvalue weighted by atomic mass is 10.2. The molecule has 0 aliphatic carbocycles. The Bertz CT molecular complexity index is 903. The zero-order valence-electron chi connectivity index (χ0n) is 11.8. The average Bonchev–Trinajstić information content (AvgIpc) is 2.54. The number of nitrogens with zero attached hydrogens (tertiary/aromatic N) is 1. The molecule has 0 aromatic heterocycles. The third-order valence-corrected chi connectivity index (χ3v) is 4.59. The Hall–Kier alpha value is -2.56. The van der Waals surface area contributed by atoms with Crippen LogP contribution in [0.1, 0.15) is 15.9 Å². The molecule has 0 aliphatic rings. The highest BCUT2D eigenvalue weighted by Crippen LogP contribution is 2.29. The van der Waals surface area contributed by atoms with Gasteiger partial charge in [-0.3, -0.25) is 4.79 Å². The van der Waals surface area contributed by atoms with Crippen LogP contribution in [0.4, 0.5) is 0 Å². The molecule has 0 N–H and O–H groups in total. The number of rotatable bonds is 5. The molecule has 0 unspecified atom stereocenters. The fraction of sp³-hybridized carbons (Fsp3) is 0.0667. The normalized spacial score (nSPS) is 10.7. The summed E-state index contributed by atoms with van der Waals surface area (Å²) < 4.78 is 34.6. The Morgan fingerprint density at radius 3 is 2.52 bits per heavy atom. The summed E-state index contributed by atoms with van der Waals surface area (Å²) in [6.45, 7) is 0. The predicted molar refractivity (Wildman–Crippen MR) is 82.4 cm³/mol. The summed E-state index contributed by atoms with van der Waals surface area (Å²) in [7, 11) is -2.85. The van der Waals surface area contributed by atoms with Gasteiger partial charge in [0.25, 0.3) is 0 Å². The van der Waals surface area contributed by atoms with E-state index in [-0.39, 0.29) is 26.8 Å². The first-order valence-corrected chi connectivity index (χ1v) is 7.97. The summed E-state index contributed by atoms with van der Waals surface area (Å²) in [6, 6.07) is 9.64. The molecule has 0 heterocycles. The molecule has 6 nitrogen and oxygen atoms in total. The van der Waals surface area contributed by atoms with Gasteiger partial charge in [-0.1, -0.05) is 11.6 Å². The van der Waals surface area contributed by atoms with Crippen LogP contribution in [-0.2, 0) is 10.1 Å². The van der Waals surface area contributed by atoms with Crippen molar-refractivity contribution in [3.05, 3.63) is 52.5 Å². The van der Waals surface area contributed by atoms with Crippen LogP contribution in [0.15, 0.2) is 41.3 Å². The summed E-state index contributed by atoms with van der Waals surface area (Å²) in [5.74, 6) is 0.231. The lowest BCUT2D eigenvalue weighted by molar-refractivity contribution is 0.112. The van der Waals surface area contributed by atoms with Crippen LogP contribution in [0.25, 0.3) is 0 Å². The molecular weight excluding hydrogens is 342 g/mol. The number of nitriles is 1. The van der Waals surface area contributed by atoms with Crippen LogP contribution < -0.4 is 8.92 Å². The molecule has 0 radical (unpaired) electrons. The van der Waals surface area contributed by atoms with E-state index < -0.39 is 10.1 Å². The molecule has 0 saturated heterocycles. The van der Waals surface area contributed by atoms with Crippen LogP contribution in [0, 0.1) is 11.3 Å². The zero-order valence-corrected chi connectivity index (χ0v) is 13.4. The van der Waals surface area contributed by atoms with E-state index in [1.807, 2.05) is 6.07 Å². The number of halogens is 1. The summed E-state index contributed by atoms with van der Waals surface area (Å²) >= 11 is 5.88. The molecule has 0 aliphatic heterocycles. The number of hydrogen-bond donors (Lipinski definition) is 0. The highest BCUT2D eigenvalue weighted by molar-refractivity contribution is 7.87. The predicted octanol–water partition coefficient (Wildman–Crippen LogP) is 2.80. The second-order valence-electron chi connectivity index (χ2n) is 4.32. The van der Waals surface area contributed by atoms with Crippen LogP contribution >= 0.6 is 11.6 Å². The van der Waals surface area contributed by atoms with E-state index >= 15 is 0 Å². The number of benzene rings is 2. The van der Waals surface area contributed by atoms with Crippen molar-refractivity contribution < 1.29 is 22.1 Å². The van der Waals surface area contributed by atoms with Crippen LogP contribution in [0.2, 0.25) is 5.02 Å². The van der Waals surface area contributed by atoms with Gasteiger partial charge in [-0.2, -0.15) is 13.7 Å². The van der Waals surface area contributed by atoms with Gasteiger partial charge in [-0.15, -0.1) is 0 Å². The first kappa shape index (κ1) is 16.8. The Labute approximate surface area is 138 Å². The van der Waals surface area contributed by atoms with Gasteiger partial charge in [0.15, 0.2) is 12.0 Å². The van der Waals surface area contributed by atoms with E-state index in [0.29, 0.717) is 12.0 Å². The second-order valence-corrected chi connectivity index (χ2v) is 6.24. The second kappa shape index (κ2) is 6.69. The lowest BCUT2D eigenvalue weighted by Gasteiger charge is -2.11. The quantitative estimate of drug-likeness (QED) is 0.607. The first-order chi connectivity index (χ1) is 10.9. The Morgan fingerprint density at radius 2 is 1.96 bits per heavy atom. The molecule has 0 fully saturated rings. The molecule has 118 valence electrons. The standard InChI is InChI=1S/C15H10ClNO5S/c1-21-12-3-4-14(11(7-12)9-18)22-23(19,20)15-5-2-10(8-17)6-13(15)16/h2-7,9H,1H3. The molecule has 0 amide bonds. The minimum Gasteiger partial charge on any atom is -0.497 e. The van der Waals surface area contributed by atoms with Gasteiger partial charge in [0.1, 0.15) is 10.6 Å². The van der Waals surface area contributed by atoms with Crippen LogP contribution in [0.3, 0.4) is 0 Å². The number of ether oxygens (including phenoxy) is 1. The van der Waals surface area contributed by atoms with E-state index in [1.165, 1.54) is 43.5 Å². The average molecular weight is 352 g/mol. The monoisotopic (exact) mass is 351 g/mol. The van der Waals surface area contributed by atoms with Crippen molar-refractivity contribution in [2.24, 2.45) is 0 Å². The number of aldehydes is 1. The maximum atomic E-state index is 12.3. The van der Waals surface area contributed by atoms with Gasteiger partial charge in [0.2, 0.25) is 0 Å². The summed E-state index contributed by atoms with van der Waals surface area (Å²) in [5, 5.41) is 8.62. The molecule has 2 rings (SSSR count). The van der Waals surface area contributed by atoms with Crippen molar-refractivity contribution in [2.75, 3.05) is 7.11 Å². The molecule has 0 spiro atoms. The third-order valence-electron chi connectivity index (χ3n) is 2.87. The van der Waals surface area contributed by atoms with Crippen LogP contribution in [0.5, 0.6) is 11.5 Å². The van der Waals surface area contributed by atoms with E-state index in [0.717, 1.165) is 0 Å².